The second-order valence-corrected chi connectivity index (χ2v) is 5.40. The fourth-order valence-corrected chi connectivity index (χ4v) is 2.83. The highest BCUT2D eigenvalue weighted by molar-refractivity contribution is 5.75. The highest BCUT2D eigenvalue weighted by atomic mass is 15.2. The Bertz CT molecular complexity index is 563. The Labute approximate surface area is 120 Å². The summed E-state index contributed by atoms with van der Waals surface area (Å²) in [5, 5.41) is 3.60. The molecule has 1 aromatic heterocycles. The Morgan fingerprint density at radius 1 is 1.25 bits per heavy atom. The first kappa shape index (κ1) is 13.3. The zero-order valence-corrected chi connectivity index (χ0v) is 12.0. The minimum Gasteiger partial charge on any atom is -0.354 e. The van der Waals surface area contributed by atoms with E-state index in [1.165, 1.54) is 19.3 Å². The van der Waals surface area contributed by atoms with Gasteiger partial charge in [-0.25, -0.2) is 4.98 Å². The number of anilines is 1. The van der Waals surface area contributed by atoms with Crippen molar-refractivity contribution in [1.29, 1.82) is 0 Å². The SMILES string of the molecule is CCN(CC1CCCCN1)c1cnc2ccccc2n1. The van der Waals surface area contributed by atoms with Gasteiger partial charge in [0, 0.05) is 19.1 Å². The lowest BCUT2D eigenvalue weighted by Gasteiger charge is -2.30. The molecule has 3 rings (SSSR count). The van der Waals surface area contributed by atoms with Crippen LogP contribution in [0.3, 0.4) is 0 Å². The fourth-order valence-electron chi connectivity index (χ4n) is 2.83. The maximum Gasteiger partial charge on any atom is 0.147 e. The molecule has 1 N–H and O–H groups in total. The summed E-state index contributed by atoms with van der Waals surface area (Å²) in [5.41, 5.74) is 1.93. The minimum absolute atomic E-state index is 0.581. The molecule has 2 heterocycles. The van der Waals surface area contributed by atoms with Crippen molar-refractivity contribution in [2.45, 2.75) is 32.2 Å². The number of fused-ring (bicyclic) bond motifs is 1. The average Bonchev–Trinajstić information content (AvgIpc) is 2.53. The van der Waals surface area contributed by atoms with E-state index in [4.69, 9.17) is 4.98 Å². The average molecular weight is 270 g/mol. The number of hydrogen-bond acceptors (Lipinski definition) is 4. The number of likely N-dealkylation sites (N-methyl/N-ethyl adjacent to an activating group) is 1. The third-order valence-corrected chi connectivity index (χ3v) is 3.99. The molecule has 1 saturated heterocycles. The molecular formula is C16H22N4. The first-order chi connectivity index (χ1) is 9.86. The molecule has 20 heavy (non-hydrogen) atoms. The summed E-state index contributed by atoms with van der Waals surface area (Å²) in [7, 11) is 0. The molecular weight excluding hydrogens is 248 g/mol. The summed E-state index contributed by atoms with van der Waals surface area (Å²) < 4.78 is 0. The molecule has 1 atom stereocenters. The van der Waals surface area contributed by atoms with E-state index < -0.39 is 0 Å². The molecule has 0 spiro atoms. The number of nitrogens with one attached hydrogen (secondary N) is 1. The van der Waals surface area contributed by atoms with Crippen LogP contribution in [0, 0.1) is 0 Å². The summed E-state index contributed by atoms with van der Waals surface area (Å²) in [6.07, 6.45) is 5.79. The minimum atomic E-state index is 0.581. The zero-order valence-electron chi connectivity index (χ0n) is 12.0. The summed E-state index contributed by atoms with van der Waals surface area (Å²) in [6.45, 7) is 5.31. The van der Waals surface area contributed by atoms with Gasteiger partial charge in [-0.2, -0.15) is 0 Å². The maximum absolute atomic E-state index is 4.75. The largest absolute Gasteiger partial charge is 0.354 e. The molecule has 106 valence electrons. The second-order valence-electron chi connectivity index (χ2n) is 5.40. The predicted octanol–water partition coefficient (Wildman–Crippen LogP) is 2.60. The zero-order chi connectivity index (χ0) is 13.8. The van der Waals surface area contributed by atoms with Gasteiger partial charge >= 0.3 is 0 Å². The van der Waals surface area contributed by atoms with Gasteiger partial charge in [0.25, 0.3) is 0 Å². The van der Waals surface area contributed by atoms with E-state index >= 15 is 0 Å². The Morgan fingerprint density at radius 2 is 2.10 bits per heavy atom. The summed E-state index contributed by atoms with van der Waals surface area (Å²) in [6, 6.07) is 8.63. The molecule has 1 fully saturated rings. The molecule has 1 unspecified atom stereocenters. The highest BCUT2D eigenvalue weighted by Gasteiger charge is 2.17. The molecule has 4 nitrogen and oxygen atoms in total. The fraction of sp³-hybridized carbons (Fsp3) is 0.500. The van der Waals surface area contributed by atoms with Gasteiger partial charge in [0.15, 0.2) is 0 Å². The topological polar surface area (TPSA) is 41.0 Å². The first-order valence-electron chi connectivity index (χ1n) is 7.57. The smallest absolute Gasteiger partial charge is 0.147 e. The van der Waals surface area contributed by atoms with Gasteiger partial charge in [-0.05, 0) is 38.4 Å². The van der Waals surface area contributed by atoms with Crippen LogP contribution in [-0.4, -0.2) is 35.6 Å². The molecule has 2 aromatic rings. The van der Waals surface area contributed by atoms with Gasteiger partial charge in [0.1, 0.15) is 5.82 Å². The van der Waals surface area contributed by atoms with Crippen LogP contribution < -0.4 is 10.2 Å². The van der Waals surface area contributed by atoms with E-state index in [0.29, 0.717) is 6.04 Å². The summed E-state index contributed by atoms with van der Waals surface area (Å²) in [4.78, 5) is 11.6. The van der Waals surface area contributed by atoms with Crippen molar-refractivity contribution in [2.75, 3.05) is 24.5 Å². The molecule has 0 aliphatic carbocycles. The van der Waals surface area contributed by atoms with Crippen molar-refractivity contribution < 1.29 is 0 Å². The van der Waals surface area contributed by atoms with Crippen molar-refractivity contribution in [2.24, 2.45) is 0 Å². The van der Waals surface area contributed by atoms with Crippen LogP contribution in [0.2, 0.25) is 0 Å². The summed E-state index contributed by atoms with van der Waals surface area (Å²) >= 11 is 0. The maximum atomic E-state index is 4.75. The Balaban J connectivity index is 1.79. The predicted molar refractivity (Wildman–Crippen MR) is 83.1 cm³/mol. The molecule has 0 amide bonds. The van der Waals surface area contributed by atoms with Crippen LogP contribution in [0.15, 0.2) is 30.5 Å². The van der Waals surface area contributed by atoms with E-state index in [-0.39, 0.29) is 0 Å². The van der Waals surface area contributed by atoms with Gasteiger partial charge in [-0.15, -0.1) is 0 Å². The standard InChI is InChI=1S/C16H22N4/c1-2-20(12-13-7-5-6-10-17-13)16-11-18-14-8-3-4-9-15(14)19-16/h3-4,8-9,11,13,17H,2,5-7,10,12H2,1H3. The number of benzene rings is 1. The van der Waals surface area contributed by atoms with Crippen LogP contribution in [0.25, 0.3) is 11.0 Å². The lowest BCUT2D eigenvalue weighted by atomic mass is 10.0. The van der Waals surface area contributed by atoms with E-state index in [1.54, 1.807) is 0 Å². The molecule has 1 aliphatic heterocycles. The quantitative estimate of drug-likeness (QED) is 0.927. The van der Waals surface area contributed by atoms with Crippen LogP contribution in [-0.2, 0) is 0 Å². The number of piperidine rings is 1. The Hall–Kier alpha value is -1.68. The van der Waals surface area contributed by atoms with E-state index in [2.05, 4.69) is 22.1 Å². The van der Waals surface area contributed by atoms with Crippen LogP contribution >= 0.6 is 0 Å². The third kappa shape index (κ3) is 2.90. The number of para-hydroxylation sites is 2. The van der Waals surface area contributed by atoms with E-state index in [9.17, 15) is 0 Å². The molecule has 4 heteroatoms. The lowest BCUT2D eigenvalue weighted by molar-refractivity contribution is 0.399. The van der Waals surface area contributed by atoms with Gasteiger partial charge < -0.3 is 10.2 Å². The number of hydrogen-bond donors (Lipinski definition) is 1. The van der Waals surface area contributed by atoms with Crippen molar-refractivity contribution in [3.63, 3.8) is 0 Å². The van der Waals surface area contributed by atoms with Gasteiger partial charge in [-0.1, -0.05) is 18.6 Å². The van der Waals surface area contributed by atoms with Crippen LogP contribution in [0.4, 0.5) is 5.82 Å². The van der Waals surface area contributed by atoms with Crippen molar-refractivity contribution >= 4 is 16.9 Å². The number of rotatable bonds is 4. The third-order valence-electron chi connectivity index (χ3n) is 3.99. The molecule has 0 saturated carbocycles. The van der Waals surface area contributed by atoms with Gasteiger partial charge in [0.2, 0.25) is 0 Å². The van der Waals surface area contributed by atoms with Crippen LogP contribution in [0.5, 0.6) is 0 Å². The number of aromatic nitrogens is 2. The summed E-state index contributed by atoms with van der Waals surface area (Å²) in [5.74, 6) is 0.985. The second kappa shape index (κ2) is 6.18. The molecule has 1 aromatic carbocycles. The van der Waals surface area contributed by atoms with Crippen molar-refractivity contribution in [3.05, 3.63) is 30.5 Å². The molecule has 0 radical (unpaired) electrons. The lowest BCUT2D eigenvalue weighted by Crippen LogP contribution is -2.44. The van der Waals surface area contributed by atoms with Gasteiger partial charge in [-0.3, -0.25) is 4.98 Å². The molecule has 0 bridgehead atoms. The Morgan fingerprint density at radius 3 is 2.85 bits per heavy atom. The highest BCUT2D eigenvalue weighted by Crippen LogP contribution is 2.17. The normalized spacial score (nSPS) is 19.1. The monoisotopic (exact) mass is 270 g/mol. The van der Waals surface area contributed by atoms with Crippen molar-refractivity contribution in [3.8, 4) is 0 Å². The van der Waals surface area contributed by atoms with Crippen LogP contribution in [0.1, 0.15) is 26.2 Å². The van der Waals surface area contributed by atoms with Crippen molar-refractivity contribution in [1.82, 2.24) is 15.3 Å². The Kier molecular flexibility index (Phi) is 4.11. The first-order valence-corrected chi connectivity index (χ1v) is 7.57. The van der Waals surface area contributed by atoms with E-state index in [0.717, 1.165) is 36.5 Å². The molecule has 1 aliphatic rings. The number of nitrogens with zero attached hydrogens (tertiary/aromatic N) is 3. The van der Waals surface area contributed by atoms with Gasteiger partial charge in [0.05, 0.1) is 17.2 Å². The van der Waals surface area contributed by atoms with E-state index in [1.807, 2.05) is 30.5 Å².